The zero-order chi connectivity index (χ0) is 13.5. The summed E-state index contributed by atoms with van der Waals surface area (Å²) in [5.41, 5.74) is 3.11. The van der Waals surface area contributed by atoms with Crippen molar-refractivity contribution in [1.82, 2.24) is 10.3 Å². The maximum Gasteiger partial charge on any atom is 0.144 e. The molecule has 102 valence electrons. The van der Waals surface area contributed by atoms with E-state index in [1.54, 1.807) is 0 Å². The Morgan fingerprint density at radius 1 is 1.26 bits per heavy atom. The fourth-order valence-corrected chi connectivity index (χ4v) is 2.42. The van der Waals surface area contributed by atoms with Crippen LogP contribution in [-0.4, -0.2) is 24.6 Å². The number of hydrogen-bond acceptors (Lipinski definition) is 4. The van der Waals surface area contributed by atoms with E-state index in [-0.39, 0.29) is 0 Å². The second-order valence-corrected chi connectivity index (χ2v) is 4.99. The van der Waals surface area contributed by atoms with Crippen LogP contribution in [0.2, 0.25) is 0 Å². The molecule has 0 radical (unpaired) electrons. The van der Waals surface area contributed by atoms with Gasteiger partial charge in [0.2, 0.25) is 0 Å². The zero-order valence-electron chi connectivity index (χ0n) is 11.6. The normalized spacial score (nSPS) is 13.7. The lowest BCUT2D eigenvalue weighted by atomic mass is 9.95. The fraction of sp³-hybridized carbons (Fsp3) is 0.600. The first-order chi connectivity index (χ1) is 9.35. The minimum Gasteiger partial charge on any atom is -0.368 e. The van der Waals surface area contributed by atoms with Crippen LogP contribution >= 0.6 is 0 Å². The second kappa shape index (κ2) is 7.10. The molecule has 1 aliphatic carbocycles. The van der Waals surface area contributed by atoms with E-state index >= 15 is 0 Å². The minimum atomic E-state index is 0.677. The van der Waals surface area contributed by atoms with E-state index in [0.717, 1.165) is 44.7 Å². The summed E-state index contributed by atoms with van der Waals surface area (Å²) in [4.78, 5) is 4.64. The van der Waals surface area contributed by atoms with Gasteiger partial charge in [0, 0.05) is 18.8 Å². The molecule has 0 spiro atoms. The summed E-state index contributed by atoms with van der Waals surface area (Å²) in [5.74, 6) is 0.751. The van der Waals surface area contributed by atoms with Crippen molar-refractivity contribution >= 4 is 5.82 Å². The molecule has 1 aromatic rings. The number of rotatable bonds is 6. The number of aryl methyl sites for hydroxylation is 2. The summed E-state index contributed by atoms with van der Waals surface area (Å²) in [6.45, 7) is 4.89. The highest BCUT2D eigenvalue weighted by molar-refractivity contribution is 5.54. The van der Waals surface area contributed by atoms with E-state index < -0.39 is 0 Å². The highest BCUT2D eigenvalue weighted by Crippen LogP contribution is 2.24. The lowest BCUT2D eigenvalue weighted by Crippen LogP contribution is -2.23. The molecule has 0 saturated carbocycles. The number of aromatic nitrogens is 1. The Hall–Kier alpha value is -1.60. The molecule has 0 aromatic carbocycles. The maximum absolute atomic E-state index is 9.22. The second-order valence-electron chi connectivity index (χ2n) is 4.99. The first-order valence-corrected chi connectivity index (χ1v) is 7.22. The Kier molecular flexibility index (Phi) is 5.17. The third-order valence-corrected chi connectivity index (χ3v) is 3.44. The number of anilines is 1. The van der Waals surface area contributed by atoms with E-state index in [0.29, 0.717) is 5.56 Å². The maximum atomic E-state index is 9.22. The summed E-state index contributed by atoms with van der Waals surface area (Å²) in [6.07, 6.45) is 5.68. The fourth-order valence-electron chi connectivity index (χ4n) is 2.42. The molecule has 0 bridgehead atoms. The number of nitrogens with one attached hydrogen (secondary N) is 2. The lowest BCUT2D eigenvalue weighted by Gasteiger charge is -2.17. The molecule has 2 N–H and O–H groups in total. The third-order valence-electron chi connectivity index (χ3n) is 3.44. The first-order valence-electron chi connectivity index (χ1n) is 7.22. The Morgan fingerprint density at radius 2 is 2.11 bits per heavy atom. The molecular formula is C15H22N4. The predicted octanol–water partition coefficient (Wildman–Crippen LogP) is 2.24. The highest BCUT2D eigenvalue weighted by atomic mass is 15.0. The first kappa shape index (κ1) is 13.8. The topological polar surface area (TPSA) is 60.7 Å². The number of fused-ring (bicyclic) bond motifs is 1. The molecule has 0 saturated heterocycles. The smallest absolute Gasteiger partial charge is 0.144 e. The molecule has 0 fully saturated rings. The van der Waals surface area contributed by atoms with Crippen molar-refractivity contribution in [2.45, 2.75) is 39.0 Å². The van der Waals surface area contributed by atoms with E-state index in [9.17, 15) is 5.26 Å². The van der Waals surface area contributed by atoms with Gasteiger partial charge in [-0.05, 0) is 50.3 Å². The van der Waals surface area contributed by atoms with Crippen molar-refractivity contribution in [2.24, 2.45) is 0 Å². The summed E-state index contributed by atoms with van der Waals surface area (Å²) in [6, 6.07) is 4.27. The van der Waals surface area contributed by atoms with Crippen LogP contribution in [-0.2, 0) is 12.8 Å². The molecule has 1 aromatic heterocycles. The van der Waals surface area contributed by atoms with Crippen molar-refractivity contribution in [3.63, 3.8) is 0 Å². The number of nitrogens with zero attached hydrogens (tertiary/aromatic N) is 2. The molecule has 1 heterocycles. The molecule has 0 amide bonds. The van der Waals surface area contributed by atoms with Gasteiger partial charge in [-0.3, -0.25) is 0 Å². The van der Waals surface area contributed by atoms with Gasteiger partial charge in [-0.15, -0.1) is 0 Å². The monoisotopic (exact) mass is 258 g/mol. The molecule has 19 heavy (non-hydrogen) atoms. The molecule has 2 rings (SSSR count). The van der Waals surface area contributed by atoms with Gasteiger partial charge >= 0.3 is 0 Å². The molecule has 0 unspecified atom stereocenters. The van der Waals surface area contributed by atoms with Crippen molar-refractivity contribution in [2.75, 3.05) is 25.0 Å². The average Bonchev–Trinajstić information content (AvgIpc) is 2.46. The molecule has 0 atom stereocenters. The number of nitriles is 1. The molecule has 4 nitrogen and oxygen atoms in total. The van der Waals surface area contributed by atoms with Crippen LogP contribution in [0.25, 0.3) is 0 Å². The predicted molar refractivity (Wildman–Crippen MR) is 77.2 cm³/mol. The van der Waals surface area contributed by atoms with Crippen LogP contribution in [0.3, 0.4) is 0 Å². The van der Waals surface area contributed by atoms with Crippen LogP contribution in [0, 0.1) is 11.3 Å². The zero-order valence-corrected chi connectivity index (χ0v) is 11.6. The van der Waals surface area contributed by atoms with Gasteiger partial charge in [0.15, 0.2) is 0 Å². The van der Waals surface area contributed by atoms with Crippen LogP contribution in [0.15, 0.2) is 6.07 Å². The Labute approximate surface area is 115 Å². The van der Waals surface area contributed by atoms with Gasteiger partial charge in [0.25, 0.3) is 0 Å². The van der Waals surface area contributed by atoms with Gasteiger partial charge in [-0.1, -0.05) is 6.92 Å². The highest BCUT2D eigenvalue weighted by Gasteiger charge is 2.14. The lowest BCUT2D eigenvalue weighted by molar-refractivity contribution is 0.666. The van der Waals surface area contributed by atoms with Crippen molar-refractivity contribution < 1.29 is 0 Å². The SMILES string of the molecule is CCCNCCNc1nc2c(cc1C#N)CCCC2. The third kappa shape index (κ3) is 3.68. The molecular weight excluding hydrogens is 236 g/mol. The van der Waals surface area contributed by atoms with Gasteiger partial charge < -0.3 is 10.6 Å². The minimum absolute atomic E-state index is 0.677. The summed E-state index contributed by atoms with van der Waals surface area (Å²) in [5, 5.41) is 15.8. The Bertz CT molecular complexity index is 462. The van der Waals surface area contributed by atoms with Crippen molar-refractivity contribution in [3.05, 3.63) is 22.9 Å². The molecule has 1 aliphatic rings. The van der Waals surface area contributed by atoms with Crippen LogP contribution in [0.5, 0.6) is 0 Å². The van der Waals surface area contributed by atoms with Gasteiger partial charge in [-0.2, -0.15) is 5.26 Å². The van der Waals surface area contributed by atoms with Gasteiger partial charge in [0.05, 0.1) is 5.56 Å². The summed E-state index contributed by atoms with van der Waals surface area (Å²) in [7, 11) is 0. The van der Waals surface area contributed by atoms with E-state index in [1.807, 2.05) is 6.07 Å². The number of hydrogen-bond donors (Lipinski definition) is 2. The van der Waals surface area contributed by atoms with E-state index in [4.69, 9.17) is 0 Å². The van der Waals surface area contributed by atoms with Crippen molar-refractivity contribution in [3.8, 4) is 6.07 Å². The van der Waals surface area contributed by atoms with Crippen LogP contribution in [0.4, 0.5) is 5.82 Å². The van der Waals surface area contributed by atoms with E-state index in [2.05, 4.69) is 28.6 Å². The average molecular weight is 258 g/mol. The molecule has 0 aliphatic heterocycles. The number of pyridine rings is 1. The van der Waals surface area contributed by atoms with Gasteiger partial charge in [-0.25, -0.2) is 4.98 Å². The van der Waals surface area contributed by atoms with E-state index in [1.165, 1.54) is 24.1 Å². The Morgan fingerprint density at radius 3 is 2.89 bits per heavy atom. The molecule has 4 heteroatoms. The quantitative estimate of drug-likeness (QED) is 0.768. The summed E-state index contributed by atoms with van der Waals surface area (Å²) < 4.78 is 0. The largest absolute Gasteiger partial charge is 0.368 e. The van der Waals surface area contributed by atoms with Gasteiger partial charge in [0.1, 0.15) is 11.9 Å². The summed E-state index contributed by atoms with van der Waals surface area (Å²) >= 11 is 0. The standard InChI is InChI=1S/C15H22N4/c1-2-7-17-8-9-18-15-13(11-16)10-12-5-3-4-6-14(12)19-15/h10,17H,2-9H2,1H3,(H,18,19). The van der Waals surface area contributed by atoms with Crippen molar-refractivity contribution in [1.29, 1.82) is 5.26 Å². The Balaban J connectivity index is 2.01. The van der Waals surface area contributed by atoms with Crippen LogP contribution < -0.4 is 10.6 Å². The van der Waals surface area contributed by atoms with Crippen LogP contribution in [0.1, 0.15) is 43.0 Å².